The lowest BCUT2D eigenvalue weighted by atomic mass is 10.1. The maximum Gasteiger partial charge on any atom is 0.507 e. The maximum absolute atomic E-state index is 10.6. The first-order chi connectivity index (χ1) is 14.7. The molecule has 2 N–H and O–H groups in total. The van der Waals surface area contributed by atoms with Gasteiger partial charge in [0.2, 0.25) is 0 Å². The minimum Gasteiger partial charge on any atom is -0.438 e. The van der Waals surface area contributed by atoms with Crippen molar-refractivity contribution in [2.24, 2.45) is 5.73 Å². The topological polar surface area (TPSA) is 61.5 Å². The highest BCUT2D eigenvalue weighted by atomic mass is 16.7. The third-order valence-corrected chi connectivity index (χ3v) is 5.44. The number of carbonyl (C=O) groups excluding carboxylic acids is 1. The standard InChI is InChI=1S/C14H31N.C12H24O3/c1-2-3-4-5-6-7-8-9-10-11-12-13-14-15;1-3-4-5-6-7-8-9-10-11-15-12(13)14-2/h2-15H2,1H3;3-11H2,1-2H3. The van der Waals surface area contributed by atoms with Gasteiger partial charge in [0.25, 0.3) is 0 Å². The third-order valence-electron chi connectivity index (χ3n) is 5.44. The molecule has 0 saturated heterocycles. The van der Waals surface area contributed by atoms with Gasteiger partial charge in [0.1, 0.15) is 0 Å². The van der Waals surface area contributed by atoms with Gasteiger partial charge < -0.3 is 15.2 Å². The van der Waals surface area contributed by atoms with E-state index >= 15 is 0 Å². The van der Waals surface area contributed by atoms with Crippen molar-refractivity contribution < 1.29 is 14.3 Å². The van der Waals surface area contributed by atoms with E-state index in [-0.39, 0.29) is 0 Å². The lowest BCUT2D eigenvalue weighted by Crippen LogP contribution is -2.05. The van der Waals surface area contributed by atoms with Crippen molar-refractivity contribution in [3.8, 4) is 0 Å². The van der Waals surface area contributed by atoms with E-state index in [1.54, 1.807) is 0 Å². The largest absolute Gasteiger partial charge is 0.507 e. The van der Waals surface area contributed by atoms with Gasteiger partial charge >= 0.3 is 6.16 Å². The van der Waals surface area contributed by atoms with E-state index in [0.29, 0.717) is 6.61 Å². The molecular weight excluding hydrogens is 374 g/mol. The van der Waals surface area contributed by atoms with Crippen molar-refractivity contribution in [2.45, 2.75) is 142 Å². The molecule has 4 heteroatoms. The molecule has 0 aliphatic heterocycles. The summed E-state index contributed by atoms with van der Waals surface area (Å²) in [6.07, 6.45) is 26.3. The number of rotatable bonds is 21. The molecule has 4 nitrogen and oxygen atoms in total. The van der Waals surface area contributed by atoms with Gasteiger partial charge in [0, 0.05) is 0 Å². The fourth-order valence-corrected chi connectivity index (χ4v) is 3.44. The van der Waals surface area contributed by atoms with Crippen molar-refractivity contribution in [2.75, 3.05) is 20.3 Å². The summed E-state index contributed by atoms with van der Waals surface area (Å²) in [7, 11) is 1.33. The van der Waals surface area contributed by atoms with E-state index in [0.717, 1.165) is 19.4 Å². The highest BCUT2D eigenvalue weighted by Crippen LogP contribution is 2.11. The molecule has 0 saturated carbocycles. The number of ether oxygens (including phenoxy) is 2. The van der Waals surface area contributed by atoms with Crippen molar-refractivity contribution in [3.63, 3.8) is 0 Å². The molecule has 0 amide bonds. The molecule has 0 rings (SSSR count). The molecule has 0 aromatic carbocycles. The van der Waals surface area contributed by atoms with Crippen LogP contribution in [0.5, 0.6) is 0 Å². The second kappa shape index (κ2) is 30.4. The smallest absolute Gasteiger partial charge is 0.438 e. The van der Waals surface area contributed by atoms with E-state index in [1.807, 2.05) is 0 Å². The molecule has 0 aromatic heterocycles. The van der Waals surface area contributed by atoms with Crippen LogP contribution in [0.25, 0.3) is 0 Å². The predicted octanol–water partition coefficient (Wildman–Crippen LogP) is 8.56. The monoisotopic (exact) mass is 429 g/mol. The molecule has 0 aliphatic carbocycles. The second-order valence-corrected chi connectivity index (χ2v) is 8.46. The van der Waals surface area contributed by atoms with Gasteiger partial charge in [-0.25, -0.2) is 4.79 Å². The van der Waals surface area contributed by atoms with Crippen molar-refractivity contribution in [3.05, 3.63) is 0 Å². The molecule has 0 spiro atoms. The van der Waals surface area contributed by atoms with Crippen molar-refractivity contribution >= 4 is 6.16 Å². The van der Waals surface area contributed by atoms with Crippen LogP contribution >= 0.6 is 0 Å². The highest BCUT2D eigenvalue weighted by molar-refractivity contribution is 5.59. The maximum atomic E-state index is 10.6. The van der Waals surface area contributed by atoms with E-state index in [9.17, 15) is 4.79 Å². The Balaban J connectivity index is 0. The average molecular weight is 430 g/mol. The Morgan fingerprint density at radius 2 is 0.900 bits per heavy atom. The summed E-state index contributed by atoms with van der Waals surface area (Å²) in [5, 5.41) is 0. The van der Waals surface area contributed by atoms with Crippen LogP contribution in [-0.2, 0) is 9.47 Å². The zero-order valence-electron chi connectivity index (χ0n) is 20.9. The van der Waals surface area contributed by atoms with E-state index in [4.69, 9.17) is 10.5 Å². The Bertz CT molecular complexity index is 299. The van der Waals surface area contributed by atoms with E-state index in [1.165, 1.54) is 123 Å². The predicted molar refractivity (Wildman–Crippen MR) is 131 cm³/mol. The summed E-state index contributed by atoms with van der Waals surface area (Å²) < 4.78 is 9.14. The average Bonchev–Trinajstić information content (AvgIpc) is 2.76. The van der Waals surface area contributed by atoms with Crippen molar-refractivity contribution in [1.82, 2.24) is 0 Å². The normalized spacial score (nSPS) is 10.4. The first-order valence-corrected chi connectivity index (χ1v) is 13.1. The molecule has 0 aromatic rings. The number of carbonyl (C=O) groups is 1. The second-order valence-electron chi connectivity index (χ2n) is 8.46. The number of hydrogen-bond donors (Lipinski definition) is 1. The van der Waals surface area contributed by atoms with Gasteiger partial charge in [-0.15, -0.1) is 0 Å². The molecule has 0 heterocycles. The zero-order chi connectivity index (χ0) is 22.5. The summed E-state index contributed by atoms with van der Waals surface area (Å²) in [6, 6.07) is 0. The van der Waals surface area contributed by atoms with Crippen molar-refractivity contribution in [1.29, 1.82) is 0 Å². The summed E-state index contributed by atoms with van der Waals surface area (Å²) >= 11 is 0. The van der Waals surface area contributed by atoms with Crippen LogP contribution in [-0.4, -0.2) is 26.4 Å². The summed E-state index contributed by atoms with van der Waals surface area (Å²) in [5.41, 5.74) is 5.45. The van der Waals surface area contributed by atoms with Crippen LogP contribution in [0.3, 0.4) is 0 Å². The molecule has 0 radical (unpaired) electrons. The number of hydrogen-bond acceptors (Lipinski definition) is 4. The Morgan fingerprint density at radius 3 is 1.23 bits per heavy atom. The van der Waals surface area contributed by atoms with Crippen LogP contribution in [0.4, 0.5) is 4.79 Å². The van der Waals surface area contributed by atoms with E-state index < -0.39 is 6.16 Å². The molecule has 182 valence electrons. The lowest BCUT2D eigenvalue weighted by molar-refractivity contribution is 0.0713. The fraction of sp³-hybridized carbons (Fsp3) is 0.962. The van der Waals surface area contributed by atoms with Crippen LogP contribution in [0.1, 0.15) is 142 Å². The quantitative estimate of drug-likeness (QED) is 0.147. The van der Waals surface area contributed by atoms with Gasteiger partial charge in [-0.2, -0.15) is 0 Å². The third kappa shape index (κ3) is 31.9. The Kier molecular flexibility index (Phi) is 31.9. The lowest BCUT2D eigenvalue weighted by Gasteiger charge is -2.03. The molecular formula is C26H55NO3. The minimum absolute atomic E-state index is 0.488. The summed E-state index contributed by atoms with van der Waals surface area (Å²) in [6.45, 7) is 5.87. The SMILES string of the molecule is CCCCCCCCCCCCCCN.CCCCCCCCCCOC(=O)OC. The van der Waals surface area contributed by atoms with Crippen LogP contribution in [0.2, 0.25) is 0 Å². The Morgan fingerprint density at radius 1 is 0.567 bits per heavy atom. The summed E-state index contributed by atoms with van der Waals surface area (Å²) in [4.78, 5) is 10.6. The fourth-order valence-electron chi connectivity index (χ4n) is 3.44. The van der Waals surface area contributed by atoms with Gasteiger partial charge in [0.15, 0.2) is 0 Å². The molecule has 0 fully saturated rings. The number of unbranched alkanes of at least 4 members (excludes halogenated alkanes) is 18. The van der Waals surface area contributed by atoms with Crippen LogP contribution in [0.15, 0.2) is 0 Å². The van der Waals surface area contributed by atoms with Crippen LogP contribution < -0.4 is 5.73 Å². The minimum atomic E-state index is -0.571. The van der Waals surface area contributed by atoms with Crippen LogP contribution in [0, 0.1) is 0 Å². The molecule has 0 bridgehead atoms. The van der Waals surface area contributed by atoms with Gasteiger partial charge in [0.05, 0.1) is 13.7 Å². The molecule has 0 unspecified atom stereocenters. The summed E-state index contributed by atoms with van der Waals surface area (Å²) in [5.74, 6) is 0. The molecule has 0 atom stereocenters. The highest BCUT2D eigenvalue weighted by Gasteiger charge is 1.98. The Labute approximate surface area is 189 Å². The van der Waals surface area contributed by atoms with Gasteiger partial charge in [-0.05, 0) is 19.4 Å². The van der Waals surface area contributed by atoms with Gasteiger partial charge in [-0.1, -0.05) is 129 Å². The molecule has 0 aliphatic rings. The van der Waals surface area contributed by atoms with Gasteiger partial charge in [-0.3, -0.25) is 0 Å². The number of nitrogens with two attached hydrogens (primary N) is 1. The first kappa shape index (κ1) is 31.4. The van der Waals surface area contributed by atoms with E-state index in [2.05, 4.69) is 18.6 Å². The Hall–Kier alpha value is -0.770. The number of methoxy groups -OCH3 is 1. The first-order valence-electron chi connectivity index (χ1n) is 13.1. The molecule has 30 heavy (non-hydrogen) atoms. The zero-order valence-corrected chi connectivity index (χ0v) is 20.9.